The lowest BCUT2D eigenvalue weighted by atomic mass is 9.89. The van der Waals surface area contributed by atoms with Crippen LogP contribution in [0.15, 0.2) is 18.2 Å². The summed E-state index contributed by atoms with van der Waals surface area (Å²) in [5.41, 5.74) is 8.22. The number of ketones is 2. The zero-order chi connectivity index (χ0) is 19.4. The summed E-state index contributed by atoms with van der Waals surface area (Å²) >= 11 is 0. The zero-order valence-electron chi connectivity index (χ0n) is 14.3. The highest BCUT2D eigenvalue weighted by Crippen LogP contribution is 2.36. The Bertz CT molecular complexity index is 840. The van der Waals surface area contributed by atoms with Crippen molar-refractivity contribution in [3.63, 3.8) is 0 Å². The Labute approximate surface area is 148 Å². The molecule has 0 N–H and O–H groups in total. The van der Waals surface area contributed by atoms with Crippen molar-refractivity contribution in [1.82, 2.24) is 0 Å². The molecule has 2 rings (SSSR count). The summed E-state index contributed by atoms with van der Waals surface area (Å²) in [5, 5.41) is 0. The molecule has 0 unspecified atom stereocenters. The molecule has 0 aromatic heterocycles. The first-order valence-corrected chi connectivity index (χ1v) is 7.66. The monoisotopic (exact) mass is 360 g/mol. The number of fused-ring (bicyclic) bond motifs is 1. The van der Waals surface area contributed by atoms with Gasteiger partial charge in [0.2, 0.25) is 0 Å². The minimum atomic E-state index is -1.09. The molecule has 0 saturated carbocycles. The van der Waals surface area contributed by atoms with E-state index in [0.29, 0.717) is 0 Å². The van der Waals surface area contributed by atoms with E-state index in [1.165, 1.54) is 32.0 Å². The van der Waals surface area contributed by atoms with Crippen LogP contribution in [0.4, 0.5) is 0 Å². The largest absolute Gasteiger partial charge is 0.488 e. The van der Waals surface area contributed by atoms with Gasteiger partial charge >= 0.3 is 17.7 Å². The molecular weight excluding hydrogens is 344 g/mol. The molecule has 1 aromatic carbocycles. The normalized spacial score (nSPS) is 16.4. The molecule has 0 saturated heterocycles. The molecule has 0 bridgehead atoms. The van der Waals surface area contributed by atoms with Crippen LogP contribution in [-0.2, 0) is 19.1 Å². The number of ether oxygens (including phenoxy) is 3. The lowest BCUT2D eigenvalue weighted by molar-refractivity contribution is -0.140. The predicted octanol–water partition coefficient (Wildman–Crippen LogP) is 0.995. The highest BCUT2D eigenvalue weighted by Gasteiger charge is 2.42. The molecular formula is C17H16N2O7. The molecule has 1 aliphatic rings. The number of rotatable bonds is 5. The molecule has 0 amide bonds. The van der Waals surface area contributed by atoms with Crippen LogP contribution in [0.25, 0.3) is 5.53 Å². The standard InChI is InChI=1S/C17H16N2O7/c1-8(16(22)15(19-18)17(23)24-3)13-7-10(21)14-11(25-9(2)20)5-4-6-12(14)26-13/h4-6,8,13H,7H2,1-3H3/t8-,13+/m1/s1. The summed E-state index contributed by atoms with van der Waals surface area (Å²) in [4.78, 5) is 50.2. The second-order valence-corrected chi connectivity index (χ2v) is 5.60. The number of carbonyl (C=O) groups excluding carboxylic acids is 4. The van der Waals surface area contributed by atoms with Gasteiger partial charge < -0.3 is 19.7 Å². The van der Waals surface area contributed by atoms with Gasteiger partial charge in [0.15, 0.2) is 5.78 Å². The van der Waals surface area contributed by atoms with E-state index in [1.807, 2.05) is 0 Å². The fraction of sp³-hybridized carbons (Fsp3) is 0.353. The Hall–Kier alpha value is -3.32. The highest BCUT2D eigenvalue weighted by atomic mass is 16.5. The van der Waals surface area contributed by atoms with Crippen molar-refractivity contribution in [2.24, 2.45) is 5.92 Å². The number of esters is 2. The molecule has 1 aliphatic heterocycles. The minimum absolute atomic E-state index is 0.0737. The van der Waals surface area contributed by atoms with E-state index < -0.39 is 35.5 Å². The van der Waals surface area contributed by atoms with E-state index in [9.17, 15) is 19.2 Å². The van der Waals surface area contributed by atoms with E-state index in [2.05, 4.69) is 9.53 Å². The fourth-order valence-corrected chi connectivity index (χ4v) is 2.56. The Kier molecular flexibility index (Phi) is 5.64. The van der Waals surface area contributed by atoms with Crippen molar-refractivity contribution in [2.45, 2.75) is 26.4 Å². The number of hydrogen-bond donors (Lipinski definition) is 0. The van der Waals surface area contributed by atoms with E-state index in [1.54, 1.807) is 0 Å². The zero-order valence-corrected chi connectivity index (χ0v) is 14.3. The highest BCUT2D eigenvalue weighted by molar-refractivity contribution is 6.62. The van der Waals surface area contributed by atoms with Gasteiger partial charge in [0.25, 0.3) is 5.78 Å². The van der Waals surface area contributed by atoms with Crippen molar-refractivity contribution < 1.29 is 38.2 Å². The van der Waals surface area contributed by atoms with Crippen LogP contribution in [0.5, 0.6) is 11.5 Å². The third-order valence-corrected chi connectivity index (χ3v) is 3.87. The van der Waals surface area contributed by atoms with Crippen molar-refractivity contribution in [3.8, 4) is 11.5 Å². The number of methoxy groups -OCH3 is 1. The van der Waals surface area contributed by atoms with Crippen LogP contribution in [0.3, 0.4) is 0 Å². The average molecular weight is 360 g/mol. The number of benzene rings is 1. The van der Waals surface area contributed by atoms with Gasteiger partial charge in [-0.05, 0) is 12.1 Å². The van der Waals surface area contributed by atoms with Gasteiger partial charge in [0, 0.05) is 13.3 Å². The minimum Gasteiger partial charge on any atom is -0.488 e. The van der Waals surface area contributed by atoms with E-state index in [-0.39, 0.29) is 29.3 Å². The van der Waals surface area contributed by atoms with Gasteiger partial charge in [-0.25, -0.2) is 4.79 Å². The van der Waals surface area contributed by atoms with E-state index >= 15 is 0 Å². The second-order valence-electron chi connectivity index (χ2n) is 5.60. The number of Topliss-reactive ketones (excluding diaryl/α,β-unsaturated/α-hetero) is 2. The smallest absolute Gasteiger partial charge is 0.441 e. The summed E-state index contributed by atoms with van der Waals surface area (Å²) in [6.07, 6.45) is -1.07. The first-order valence-electron chi connectivity index (χ1n) is 7.66. The molecule has 1 heterocycles. The number of carbonyl (C=O) groups is 4. The second kappa shape index (κ2) is 7.71. The van der Waals surface area contributed by atoms with Crippen LogP contribution in [0.2, 0.25) is 0 Å². The van der Waals surface area contributed by atoms with Crippen molar-refractivity contribution in [2.75, 3.05) is 7.11 Å². The van der Waals surface area contributed by atoms with Gasteiger partial charge in [0.05, 0.1) is 13.0 Å². The molecule has 9 heteroatoms. The molecule has 9 nitrogen and oxygen atoms in total. The van der Waals surface area contributed by atoms with E-state index in [0.717, 1.165) is 7.11 Å². The molecule has 2 atom stereocenters. The maximum atomic E-state index is 12.5. The first-order chi connectivity index (χ1) is 12.3. The first kappa shape index (κ1) is 19.0. The van der Waals surface area contributed by atoms with E-state index in [4.69, 9.17) is 15.0 Å². The third-order valence-electron chi connectivity index (χ3n) is 3.87. The van der Waals surface area contributed by atoms with Crippen LogP contribution < -0.4 is 9.47 Å². The molecule has 1 aromatic rings. The van der Waals surface area contributed by atoms with Gasteiger partial charge in [-0.1, -0.05) is 13.0 Å². The molecule has 0 radical (unpaired) electrons. The number of nitrogens with zero attached hydrogens (tertiary/aromatic N) is 2. The van der Waals surface area contributed by atoms with Gasteiger partial charge in [-0.15, -0.1) is 0 Å². The Morgan fingerprint density at radius 1 is 1.35 bits per heavy atom. The quantitative estimate of drug-likeness (QED) is 0.191. The molecule has 136 valence electrons. The molecule has 26 heavy (non-hydrogen) atoms. The van der Waals surface area contributed by atoms with Gasteiger partial charge in [-0.3, -0.25) is 14.4 Å². The average Bonchev–Trinajstić information content (AvgIpc) is 2.60. The maximum Gasteiger partial charge on any atom is 0.441 e. The lowest BCUT2D eigenvalue weighted by Crippen LogP contribution is -2.41. The fourth-order valence-electron chi connectivity index (χ4n) is 2.56. The van der Waals surface area contributed by atoms with Crippen LogP contribution in [0, 0.1) is 5.92 Å². The summed E-state index contributed by atoms with van der Waals surface area (Å²) in [6.45, 7) is 2.65. The Balaban J connectivity index is 2.30. The van der Waals surface area contributed by atoms with Crippen molar-refractivity contribution in [1.29, 1.82) is 0 Å². The summed E-state index contributed by atoms with van der Waals surface area (Å²) in [7, 11) is 1.04. The Morgan fingerprint density at radius 2 is 2.04 bits per heavy atom. The maximum absolute atomic E-state index is 12.5. The molecule has 0 aliphatic carbocycles. The van der Waals surface area contributed by atoms with Gasteiger partial charge in [-0.2, -0.15) is 4.79 Å². The predicted molar refractivity (Wildman–Crippen MR) is 85.9 cm³/mol. The summed E-state index contributed by atoms with van der Waals surface area (Å²) in [6, 6.07) is 4.50. The topological polar surface area (TPSA) is 132 Å². The summed E-state index contributed by atoms with van der Waals surface area (Å²) < 4.78 is 15.1. The van der Waals surface area contributed by atoms with Gasteiger partial charge in [0.1, 0.15) is 23.2 Å². The molecule has 0 spiro atoms. The Morgan fingerprint density at radius 3 is 2.62 bits per heavy atom. The molecule has 0 fully saturated rings. The SMILES string of the molecule is COC(=O)C(=[N+]=[N-])C(=O)[C@H](C)[C@@H]1CC(=O)c2c(OC(C)=O)cccc2O1. The third kappa shape index (κ3) is 3.68. The van der Waals surface area contributed by atoms with Crippen LogP contribution in [0.1, 0.15) is 30.6 Å². The van der Waals surface area contributed by atoms with Crippen molar-refractivity contribution >= 4 is 29.2 Å². The van der Waals surface area contributed by atoms with Crippen LogP contribution >= 0.6 is 0 Å². The van der Waals surface area contributed by atoms with Crippen LogP contribution in [-0.4, -0.2) is 47.2 Å². The van der Waals surface area contributed by atoms with Crippen molar-refractivity contribution in [3.05, 3.63) is 29.3 Å². The summed E-state index contributed by atoms with van der Waals surface area (Å²) in [5.74, 6) is -3.61. The number of hydrogen-bond acceptors (Lipinski definition) is 7. The lowest BCUT2D eigenvalue weighted by Gasteiger charge is -2.28.